The zero-order valence-electron chi connectivity index (χ0n) is 10.6. The maximum Gasteiger partial charge on any atom is 0.269 e. The molecule has 0 bridgehead atoms. The monoisotopic (exact) mass is 270 g/mol. The van der Waals surface area contributed by atoms with Crippen molar-refractivity contribution in [3.05, 3.63) is 67.8 Å². The van der Waals surface area contributed by atoms with Gasteiger partial charge in [-0.1, -0.05) is 6.92 Å². The molecule has 0 atom stereocenters. The van der Waals surface area contributed by atoms with Gasteiger partial charge in [0.1, 0.15) is 0 Å². The Balaban J connectivity index is 2.18. The van der Waals surface area contributed by atoms with Gasteiger partial charge >= 0.3 is 0 Å². The molecule has 0 saturated heterocycles. The summed E-state index contributed by atoms with van der Waals surface area (Å²) >= 11 is 0. The molecular weight excluding hydrogens is 260 g/mol. The summed E-state index contributed by atoms with van der Waals surface area (Å²) in [5.41, 5.74) is 3.58. The Morgan fingerprint density at radius 2 is 1.25 bits per heavy atom. The number of non-ortho nitro benzene ring substituents is 2. The largest absolute Gasteiger partial charge is 0.269 e. The van der Waals surface area contributed by atoms with Gasteiger partial charge in [-0.05, 0) is 34.4 Å². The van der Waals surface area contributed by atoms with Gasteiger partial charge in [0.15, 0.2) is 0 Å². The second-order valence-corrected chi connectivity index (χ2v) is 4.78. The van der Waals surface area contributed by atoms with Crippen molar-refractivity contribution in [2.24, 2.45) is 0 Å². The van der Waals surface area contributed by atoms with Gasteiger partial charge in [0.2, 0.25) is 0 Å². The number of nitro groups is 2. The normalized spacial score (nSPS) is 12.8. The van der Waals surface area contributed by atoms with E-state index >= 15 is 0 Å². The van der Waals surface area contributed by atoms with Crippen molar-refractivity contribution in [2.45, 2.75) is 12.8 Å². The summed E-state index contributed by atoms with van der Waals surface area (Å²) in [6.45, 7) is 1.90. The third-order valence-corrected chi connectivity index (χ3v) is 3.72. The van der Waals surface area contributed by atoms with Gasteiger partial charge in [0, 0.05) is 30.2 Å². The summed E-state index contributed by atoms with van der Waals surface area (Å²) < 4.78 is 0. The molecule has 2 aromatic rings. The number of hydrogen-bond acceptors (Lipinski definition) is 4. The number of hydrogen-bond donors (Lipinski definition) is 0. The summed E-state index contributed by atoms with van der Waals surface area (Å²) in [5.74, 6) is -0.0835. The molecule has 2 aromatic carbocycles. The first-order valence-electron chi connectivity index (χ1n) is 6.06. The zero-order chi connectivity index (χ0) is 14.4. The minimum absolute atomic E-state index is 0.0397. The molecule has 0 fully saturated rings. The lowest BCUT2D eigenvalue weighted by atomic mass is 9.99. The van der Waals surface area contributed by atoms with Crippen LogP contribution < -0.4 is 0 Å². The first-order chi connectivity index (χ1) is 9.49. The summed E-state index contributed by atoms with van der Waals surface area (Å²) in [6.07, 6.45) is 0. The van der Waals surface area contributed by atoms with E-state index in [1.807, 2.05) is 6.92 Å². The Hall–Kier alpha value is -2.76. The Labute approximate surface area is 114 Å². The van der Waals surface area contributed by atoms with Gasteiger partial charge in [-0.15, -0.1) is 0 Å². The molecule has 0 spiro atoms. The second kappa shape index (κ2) is 4.12. The Morgan fingerprint density at radius 1 is 0.850 bits per heavy atom. The van der Waals surface area contributed by atoms with Crippen LogP contribution in [0.2, 0.25) is 0 Å². The molecule has 100 valence electrons. The van der Waals surface area contributed by atoms with E-state index < -0.39 is 9.85 Å². The number of nitro benzene ring substituents is 2. The fourth-order valence-corrected chi connectivity index (χ4v) is 2.70. The average Bonchev–Trinajstić information content (AvgIpc) is 2.71. The van der Waals surface area contributed by atoms with Crippen LogP contribution in [0.25, 0.3) is 11.1 Å². The van der Waals surface area contributed by atoms with Crippen molar-refractivity contribution >= 4 is 11.4 Å². The Morgan fingerprint density at radius 3 is 1.60 bits per heavy atom. The SMILES string of the molecule is CC1c2cc([N+](=O)[O-])ccc2-c2ccc([N+](=O)[O-])cc21. The molecule has 1 aliphatic rings. The van der Waals surface area contributed by atoms with Crippen LogP contribution in [0.5, 0.6) is 0 Å². The van der Waals surface area contributed by atoms with Gasteiger partial charge in [-0.3, -0.25) is 20.2 Å². The van der Waals surface area contributed by atoms with Crippen LogP contribution in [0.4, 0.5) is 11.4 Å². The van der Waals surface area contributed by atoms with Gasteiger partial charge in [0.05, 0.1) is 9.85 Å². The molecule has 6 heteroatoms. The van der Waals surface area contributed by atoms with Crippen LogP contribution in [-0.2, 0) is 0 Å². The van der Waals surface area contributed by atoms with Crippen LogP contribution in [-0.4, -0.2) is 9.85 Å². The standard InChI is InChI=1S/C14H10N2O4/c1-8-13-6-9(15(17)18)2-4-11(13)12-5-3-10(16(19)20)7-14(8)12/h2-8H,1H3. The molecule has 0 heterocycles. The van der Waals surface area contributed by atoms with Crippen LogP contribution in [0, 0.1) is 20.2 Å². The molecule has 3 rings (SSSR count). The predicted molar refractivity (Wildman–Crippen MR) is 72.7 cm³/mol. The van der Waals surface area contributed by atoms with Crippen molar-refractivity contribution in [2.75, 3.05) is 0 Å². The lowest BCUT2D eigenvalue weighted by Gasteiger charge is -2.05. The minimum atomic E-state index is -0.432. The van der Waals surface area contributed by atoms with Crippen LogP contribution in [0.15, 0.2) is 36.4 Å². The molecule has 0 unspecified atom stereocenters. The molecule has 0 saturated carbocycles. The summed E-state index contributed by atoms with van der Waals surface area (Å²) in [5, 5.41) is 21.7. The average molecular weight is 270 g/mol. The van der Waals surface area contributed by atoms with Gasteiger partial charge in [-0.2, -0.15) is 0 Å². The highest BCUT2D eigenvalue weighted by Gasteiger charge is 2.28. The van der Waals surface area contributed by atoms with E-state index in [1.165, 1.54) is 12.1 Å². The van der Waals surface area contributed by atoms with Crippen LogP contribution in [0.1, 0.15) is 24.0 Å². The fraction of sp³-hybridized carbons (Fsp3) is 0.143. The molecule has 6 nitrogen and oxygen atoms in total. The maximum atomic E-state index is 10.8. The van der Waals surface area contributed by atoms with Crippen molar-refractivity contribution < 1.29 is 9.85 Å². The van der Waals surface area contributed by atoms with Crippen molar-refractivity contribution in [1.82, 2.24) is 0 Å². The number of benzene rings is 2. The van der Waals surface area contributed by atoms with E-state index in [9.17, 15) is 20.2 Å². The quantitative estimate of drug-likeness (QED) is 0.615. The molecule has 20 heavy (non-hydrogen) atoms. The molecular formula is C14H10N2O4. The lowest BCUT2D eigenvalue weighted by Crippen LogP contribution is -1.94. The molecule has 1 aliphatic carbocycles. The van der Waals surface area contributed by atoms with Crippen molar-refractivity contribution in [3.8, 4) is 11.1 Å². The van der Waals surface area contributed by atoms with Gasteiger partial charge in [-0.25, -0.2) is 0 Å². The zero-order valence-corrected chi connectivity index (χ0v) is 10.6. The minimum Gasteiger partial charge on any atom is -0.258 e. The van der Waals surface area contributed by atoms with E-state index in [0.29, 0.717) is 0 Å². The highest BCUT2D eigenvalue weighted by atomic mass is 16.6. The summed E-state index contributed by atoms with van der Waals surface area (Å²) in [6, 6.07) is 9.44. The van der Waals surface area contributed by atoms with E-state index in [0.717, 1.165) is 22.3 Å². The summed E-state index contributed by atoms with van der Waals surface area (Å²) in [7, 11) is 0. The van der Waals surface area contributed by atoms with Crippen molar-refractivity contribution in [1.29, 1.82) is 0 Å². The third kappa shape index (κ3) is 1.65. The van der Waals surface area contributed by atoms with Crippen LogP contribution in [0.3, 0.4) is 0 Å². The number of rotatable bonds is 2. The third-order valence-electron chi connectivity index (χ3n) is 3.72. The van der Waals surface area contributed by atoms with Gasteiger partial charge < -0.3 is 0 Å². The van der Waals surface area contributed by atoms with E-state index in [1.54, 1.807) is 24.3 Å². The van der Waals surface area contributed by atoms with Crippen molar-refractivity contribution in [3.63, 3.8) is 0 Å². The number of nitrogens with zero attached hydrogens (tertiary/aromatic N) is 2. The highest BCUT2D eigenvalue weighted by molar-refractivity contribution is 5.80. The van der Waals surface area contributed by atoms with Gasteiger partial charge in [0.25, 0.3) is 11.4 Å². The van der Waals surface area contributed by atoms with E-state index in [-0.39, 0.29) is 17.3 Å². The van der Waals surface area contributed by atoms with E-state index in [2.05, 4.69) is 0 Å². The first-order valence-corrected chi connectivity index (χ1v) is 6.06. The summed E-state index contributed by atoms with van der Waals surface area (Å²) in [4.78, 5) is 20.8. The number of fused-ring (bicyclic) bond motifs is 3. The predicted octanol–water partition coefficient (Wildman–Crippen LogP) is 3.64. The molecule has 0 radical (unpaired) electrons. The topological polar surface area (TPSA) is 86.3 Å². The molecule has 0 amide bonds. The Bertz CT molecular complexity index is 691. The van der Waals surface area contributed by atoms with Crippen LogP contribution >= 0.6 is 0 Å². The molecule has 0 aliphatic heterocycles. The maximum absolute atomic E-state index is 10.8. The highest BCUT2D eigenvalue weighted by Crippen LogP contribution is 2.46. The molecule has 0 N–H and O–H groups in total. The Kier molecular flexibility index (Phi) is 2.53. The lowest BCUT2D eigenvalue weighted by molar-refractivity contribution is -0.385. The van der Waals surface area contributed by atoms with E-state index in [4.69, 9.17) is 0 Å². The fourth-order valence-electron chi connectivity index (χ4n) is 2.70. The first kappa shape index (κ1) is 12.3. The molecule has 0 aromatic heterocycles. The smallest absolute Gasteiger partial charge is 0.258 e. The second-order valence-electron chi connectivity index (χ2n) is 4.78.